The zero-order valence-corrected chi connectivity index (χ0v) is 10.0. The first-order valence-corrected chi connectivity index (χ1v) is 7.24. The van der Waals surface area contributed by atoms with Gasteiger partial charge in [-0.25, -0.2) is 4.79 Å². The van der Waals surface area contributed by atoms with Gasteiger partial charge in [-0.15, -0.1) is 0 Å². The van der Waals surface area contributed by atoms with Crippen LogP contribution in [0.5, 0.6) is 0 Å². The quantitative estimate of drug-likeness (QED) is 0.391. The molecule has 0 aliphatic heterocycles. The molecule has 0 aromatic carbocycles. The van der Waals surface area contributed by atoms with Crippen molar-refractivity contribution < 1.29 is 14.1 Å². The summed E-state index contributed by atoms with van der Waals surface area (Å²) in [5, 5.41) is 0. The van der Waals surface area contributed by atoms with Crippen LogP contribution in [0, 0.1) is 0 Å². The van der Waals surface area contributed by atoms with Crippen LogP contribution in [0.3, 0.4) is 0 Å². The fourth-order valence-electron chi connectivity index (χ4n) is 1.01. The molecule has 82 valence electrons. The number of carbonyl (C=O) groups excluding carboxylic acids is 1. The second-order valence-corrected chi connectivity index (χ2v) is 6.77. The molecule has 0 amide bonds. The monoisotopic (exact) mass is 218 g/mol. The van der Waals surface area contributed by atoms with Gasteiger partial charge in [0.25, 0.3) is 0 Å². The highest BCUT2D eigenvalue weighted by molar-refractivity contribution is 7.64. The highest BCUT2D eigenvalue weighted by Gasteiger charge is 2.14. The van der Waals surface area contributed by atoms with E-state index in [0.717, 1.165) is 0 Å². The van der Waals surface area contributed by atoms with Crippen LogP contribution in [0.2, 0.25) is 0 Å². The van der Waals surface area contributed by atoms with Crippen LogP contribution in [0.4, 0.5) is 0 Å². The predicted molar refractivity (Wildman–Crippen MR) is 59.3 cm³/mol. The van der Waals surface area contributed by atoms with E-state index in [1.54, 1.807) is 13.0 Å². The molecule has 0 heterocycles. The van der Waals surface area contributed by atoms with Crippen LogP contribution in [-0.2, 0) is 14.1 Å². The lowest BCUT2D eigenvalue weighted by molar-refractivity contribution is -0.137. The minimum absolute atomic E-state index is 0.355. The summed E-state index contributed by atoms with van der Waals surface area (Å²) in [6.07, 6.45) is 4.90. The molecule has 0 N–H and O–H groups in total. The van der Waals surface area contributed by atoms with Crippen molar-refractivity contribution in [2.75, 3.05) is 25.1 Å². The van der Waals surface area contributed by atoms with Crippen molar-refractivity contribution in [3.05, 3.63) is 12.2 Å². The standard InChI is InChI=1S/C10H19O3P/c1-4-13-10(11)8-7-9-14(12,5-2)6-3/h7-8H,4-6,9H2,1-3H3/b8-7+. The van der Waals surface area contributed by atoms with Crippen molar-refractivity contribution in [3.8, 4) is 0 Å². The highest BCUT2D eigenvalue weighted by atomic mass is 31.2. The summed E-state index contributed by atoms with van der Waals surface area (Å²) in [6.45, 7) is 5.97. The molecule has 0 atom stereocenters. The van der Waals surface area contributed by atoms with Gasteiger partial charge in [0.15, 0.2) is 0 Å². The molecule has 0 unspecified atom stereocenters. The van der Waals surface area contributed by atoms with Crippen LogP contribution >= 0.6 is 7.14 Å². The van der Waals surface area contributed by atoms with Crippen LogP contribution in [-0.4, -0.2) is 31.1 Å². The summed E-state index contributed by atoms with van der Waals surface area (Å²) in [5.41, 5.74) is 0. The molecule has 0 radical (unpaired) electrons. The molecule has 0 fully saturated rings. The van der Waals surface area contributed by atoms with E-state index in [1.807, 2.05) is 13.8 Å². The Morgan fingerprint density at radius 1 is 1.29 bits per heavy atom. The van der Waals surface area contributed by atoms with Crippen LogP contribution in [0.25, 0.3) is 0 Å². The maximum atomic E-state index is 11.9. The van der Waals surface area contributed by atoms with Gasteiger partial charge in [0, 0.05) is 12.2 Å². The van der Waals surface area contributed by atoms with Gasteiger partial charge in [-0.1, -0.05) is 19.9 Å². The molecule has 0 aromatic rings. The maximum absolute atomic E-state index is 11.9. The molecule has 0 saturated heterocycles. The van der Waals surface area contributed by atoms with Crippen molar-refractivity contribution in [2.24, 2.45) is 0 Å². The second kappa shape index (κ2) is 6.83. The van der Waals surface area contributed by atoms with Crippen molar-refractivity contribution >= 4 is 13.1 Å². The summed E-state index contributed by atoms with van der Waals surface area (Å²) in [5.74, 6) is -0.355. The third-order valence-electron chi connectivity index (χ3n) is 2.13. The van der Waals surface area contributed by atoms with Gasteiger partial charge in [-0.3, -0.25) is 0 Å². The topological polar surface area (TPSA) is 43.4 Å². The molecule has 4 heteroatoms. The zero-order chi connectivity index (χ0) is 11.0. The smallest absolute Gasteiger partial charge is 0.330 e. The minimum Gasteiger partial charge on any atom is -0.463 e. The number of hydrogen-bond acceptors (Lipinski definition) is 3. The summed E-state index contributed by atoms with van der Waals surface area (Å²) in [6, 6.07) is 0. The molecule has 14 heavy (non-hydrogen) atoms. The summed E-state index contributed by atoms with van der Waals surface area (Å²) < 4.78 is 16.6. The Morgan fingerprint density at radius 3 is 2.29 bits per heavy atom. The molecule has 3 nitrogen and oxygen atoms in total. The molecular weight excluding hydrogens is 199 g/mol. The van der Waals surface area contributed by atoms with E-state index in [-0.39, 0.29) is 5.97 Å². The predicted octanol–water partition coefficient (Wildman–Crippen LogP) is 2.51. The first-order chi connectivity index (χ1) is 6.58. The van der Waals surface area contributed by atoms with Crippen LogP contribution in [0.15, 0.2) is 12.2 Å². The molecule has 0 spiro atoms. The van der Waals surface area contributed by atoms with E-state index in [0.29, 0.717) is 25.1 Å². The largest absolute Gasteiger partial charge is 0.463 e. The number of rotatable bonds is 6. The Morgan fingerprint density at radius 2 is 1.86 bits per heavy atom. The number of hydrogen-bond donors (Lipinski definition) is 0. The second-order valence-electron chi connectivity index (χ2n) is 3.03. The lowest BCUT2D eigenvalue weighted by Gasteiger charge is -2.10. The minimum atomic E-state index is -2.05. The highest BCUT2D eigenvalue weighted by Crippen LogP contribution is 2.44. The van der Waals surface area contributed by atoms with Gasteiger partial charge in [-0.05, 0) is 19.2 Å². The van der Waals surface area contributed by atoms with Gasteiger partial charge >= 0.3 is 5.97 Å². The lowest BCUT2D eigenvalue weighted by Crippen LogP contribution is -2.00. The third kappa shape index (κ3) is 5.23. The Bertz CT molecular complexity index is 238. The first-order valence-electron chi connectivity index (χ1n) is 4.98. The Kier molecular flexibility index (Phi) is 6.56. The van der Waals surface area contributed by atoms with Gasteiger partial charge in [0.05, 0.1) is 13.7 Å². The van der Waals surface area contributed by atoms with E-state index in [9.17, 15) is 9.36 Å². The van der Waals surface area contributed by atoms with Crippen molar-refractivity contribution in [2.45, 2.75) is 20.8 Å². The average molecular weight is 218 g/mol. The molecule has 0 aliphatic carbocycles. The molecule has 0 aromatic heterocycles. The molecule has 0 aliphatic rings. The molecule has 0 rings (SSSR count). The summed E-state index contributed by atoms with van der Waals surface area (Å²) in [4.78, 5) is 10.9. The van der Waals surface area contributed by atoms with E-state index in [4.69, 9.17) is 4.74 Å². The zero-order valence-electron chi connectivity index (χ0n) is 9.16. The number of ether oxygens (including phenoxy) is 1. The van der Waals surface area contributed by atoms with E-state index in [1.165, 1.54) is 6.08 Å². The van der Waals surface area contributed by atoms with Gasteiger partial charge < -0.3 is 9.30 Å². The summed E-state index contributed by atoms with van der Waals surface area (Å²) >= 11 is 0. The molecular formula is C10H19O3P. The maximum Gasteiger partial charge on any atom is 0.330 e. The van der Waals surface area contributed by atoms with Crippen LogP contribution < -0.4 is 0 Å². The van der Waals surface area contributed by atoms with Crippen molar-refractivity contribution in [3.63, 3.8) is 0 Å². The van der Waals surface area contributed by atoms with E-state index < -0.39 is 7.14 Å². The SMILES string of the molecule is CCOC(=O)/C=C/CP(=O)(CC)CC. The molecule has 0 bridgehead atoms. The Labute approximate surface area is 85.9 Å². The van der Waals surface area contributed by atoms with E-state index >= 15 is 0 Å². The summed E-state index contributed by atoms with van der Waals surface area (Å²) in [7, 11) is -2.05. The van der Waals surface area contributed by atoms with Crippen molar-refractivity contribution in [1.29, 1.82) is 0 Å². The average Bonchev–Trinajstić information content (AvgIpc) is 2.18. The van der Waals surface area contributed by atoms with Crippen LogP contribution in [0.1, 0.15) is 20.8 Å². The van der Waals surface area contributed by atoms with Gasteiger partial charge in [0.2, 0.25) is 0 Å². The van der Waals surface area contributed by atoms with Gasteiger partial charge in [-0.2, -0.15) is 0 Å². The lowest BCUT2D eigenvalue weighted by atomic mass is 10.5. The number of allylic oxidation sites excluding steroid dienone is 1. The normalized spacial score (nSPS) is 11.9. The Hall–Kier alpha value is -0.560. The third-order valence-corrected chi connectivity index (χ3v) is 5.31. The van der Waals surface area contributed by atoms with E-state index in [2.05, 4.69) is 0 Å². The Balaban J connectivity index is 4.03. The van der Waals surface area contributed by atoms with Gasteiger partial charge in [0.1, 0.15) is 0 Å². The fraction of sp³-hybridized carbons (Fsp3) is 0.700. The fourth-order valence-corrected chi connectivity index (χ4v) is 2.47. The first kappa shape index (κ1) is 13.4. The molecule has 0 saturated carbocycles. The number of esters is 1. The van der Waals surface area contributed by atoms with Crippen molar-refractivity contribution in [1.82, 2.24) is 0 Å². The number of carbonyl (C=O) groups is 1.